The van der Waals surface area contributed by atoms with Gasteiger partial charge in [0, 0.05) is 5.75 Å². The number of carboxylic acids is 1. The van der Waals surface area contributed by atoms with Gasteiger partial charge in [0.2, 0.25) is 17.7 Å². The zero-order valence-electron chi connectivity index (χ0n) is 16.8. The lowest BCUT2D eigenvalue weighted by atomic mass is 10.0. The fourth-order valence-electron chi connectivity index (χ4n) is 2.48. The minimum Gasteiger partial charge on any atom is -0.508 e. The van der Waals surface area contributed by atoms with E-state index >= 15 is 0 Å². The van der Waals surface area contributed by atoms with Crippen LogP contribution < -0.4 is 21.7 Å². The third kappa shape index (κ3) is 8.29. The van der Waals surface area contributed by atoms with Crippen LogP contribution in [0.15, 0.2) is 24.3 Å². The fraction of sp³-hybridized carbons (Fsp3) is 0.474. The van der Waals surface area contributed by atoms with Gasteiger partial charge in [-0.05, 0) is 30.0 Å². The summed E-state index contributed by atoms with van der Waals surface area (Å²) in [6, 6.07) is 3.17. The van der Waals surface area contributed by atoms with Gasteiger partial charge >= 0.3 is 5.97 Å². The molecule has 7 N–H and O–H groups in total. The molecule has 3 amide bonds. The van der Waals surface area contributed by atoms with Crippen molar-refractivity contribution in [2.45, 2.75) is 38.4 Å². The molecule has 1 aromatic rings. The maximum absolute atomic E-state index is 12.3. The van der Waals surface area contributed by atoms with Gasteiger partial charge < -0.3 is 31.9 Å². The molecule has 0 aliphatic rings. The Bertz CT molecular complexity index is 756. The number of amides is 3. The summed E-state index contributed by atoms with van der Waals surface area (Å²) in [5.74, 6) is -3.34. The first-order valence-electron chi connectivity index (χ1n) is 9.29. The molecule has 11 heteroatoms. The number of aliphatic carboxylic acids is 1. The van der Waals surface area contributed by atoms with Gasteiger partial charge in [-0.15, -0.1) is 0 Å². The third-order valence-corrected chi connectivity index (χ3v) is 4.58. The number of hydrogen-bond donors (Lipinski definition) is 7. The van der Waals surface area contributed by atoms with E-state index in [1.54, 1.807) is 26.0 Å². The molecule has 0 aliphatic carbocycles. The number of rotatable bonds is 11. The molecule has 1 rings (SSSR count). The van der Waals surface area contributed by atoms with E-state index in [4.69, 9.17) is 10.8 Å². The van der Waals surface area contributed by atoms with E-state index in [1.807, 2.05) is 0 Å². The van der Waals surface area contributed by atoms with Crippen LogP contribution in [-0.2, 0) is 25.6 Å². The van der Waals surface area contributed by atoms with Crippen molar-refractivity contribution in [3.05, 3.63) is 29.8 Å². The SMILES string of the molecule is CC(C)C(NC(=O)CNC(=O)C(CS)NC(=O)C(N)Cc1ccc(O)cc1)C(=O)O. The number of phenols is 1. The number of benzene rings is 1. The van der Waals surface area contributed by atoms with Gasteiger partial charge in [0.15, 0.2) is 0 Å². The Morgan fingerprint density at radius 2 is 1.67 bits per heavy atom. The lowest BCUT2D eigenvalue weighted by Crippen LogP contribution is -2.54. The summed E-state index contributed by atoms with van der Waals surface area (Å²) in [5, 5.41) is 25.5. The average Bonchev–Trinajstić information content (AvgIpc) is 2.69. The Labute approximate surface area is 180 Å². The quantitative estimate of drug-likeness (QED) is 0.217. The second-order valence-electron chi connectivity index (χ2n) is 7.07. The molecular formula is C19H28N4O6S. The lowest BCUT2D eigenvalue weighted by molar-refractivity contribution is -0.143. The Hall–Kier alpha value is -2.79. The number of carbonyl (C=O) groups is 4. The molecule has 0 aliphatic heterocycles. The summed E-state index contributed by atoms with van der Waals surface area (Å²) in [7, 11) is 0. The van der Waals surface area contributed by atoms with Crippen molar-refractivity contribution >= 4 is 36.3 Å². The molecule has 0 aromatic heterocycles. The predicted octanol–water partition coefficient (Wildman–Crippen LogP) is -0.982. The van der Waals surface area contributed by atoms with Crippen LogP contribution in [-0.4, -0.2) is 64.3 Å². The van der Waals surface area contributed by atoms with Gasteiger partial charge in [-0.2, -0.15) is 12.6 Å². The summed E-state index contributed by atoms with van der Waals surface area (Å²) >= 11 is 4.04. The van der Waals surface area contributed by atoms with E-state index in [0.29, 0.717) is 0 Å². The third-order valence-electron chi connectivity index (χ3n) is 4.22. The number of aromatic hydroxyl groups is 1. The number of phenolic OH excluding ortho intramolecular Hbond substituents is 1. The molecule has 0 spiro atoms. The number of nitrogens with one attached hydrogen (secondary N) is 3. The number of hydrogen-bond acceptors (Lipinski definition) is 7. The van der Waals surface area contributed by atoms with E-state index in [9.17, 15) is 24.3 Å². The van der Waals surface area contributed by atoms with Gasteiger partial charge in [-0.1, -0.05) is 26.0 Å². The number of nitrogens with two attached hydrogens (primary N) is 1. The Morgan fingerprint density at radius 3 is 2.17 bits per heavy atom. The molecule has 10 nitrogen and oxygen atoms in total. The Morgan fingerprint density at radius 1 is 1.07 bits per heavy atom. The largest absolute Gasteiger partial charge is 0.508 e. The summed E-state index contributed by atoms with van der Waals surface area (Å²) in [6.07, 6.45) is 0.196. The van der Waals surface area contributed by atoms with Crippen molar-refractivity contribution in [3.63, 3.8) is 0 Å². The Balaban J connectivity index is 2.55. The first-order chi connectivity index (χ1) is 14.0. The molecular weight excluding hydrogens is 412 g/mol. The highest BCUT2D eigenvalue weighted by Gasteiger charge is 2.25. The second kappa shape index (κ2) is 12.0. The predicted molar refractivity (Wildman–Crippen MR) is 113 cm³/mol. The molecule has 0 bridgehead atoms. The lowest BCUT2D eigenvalue weighted by Gasteiger charge is -2.20. The van der Waals surface area contributed by atoms with E-state index in [-0.39, 0.29) is 23.8 Å². The molecule has 30 heavy (non-hydrogen) atoms. The van der Waals surface area contributed by atoms with Crippen LogP contribution in [0.25, 0.3) is 0 Å². The molecule has 0 fully saturated rings. The van der Waals surface area contributed by atoms with Gasteiger partial charge in [0.25, 0.3) is 0 Å². The minimum absolute atomic E-state index is 0.0329. The summed E-state index contributed by atoms with van der Waals surface area (Å²) < 4.78 is 0. The van der Waals surface area contributed by atoms with Gasteiger partial charge in [0.1, 0.15) is 17.8 Å². The van der Waals surface area contributed by atoms with Crippen molar-refractivity contribution < 1.29 is 29.4 Å². The van der Waals surface area contributed by atoms with Crippen LogP contribution in [0, 0.1) is 5.92 Å². The maximum Gasteiger partial charge on any atom is 0.326 e. The van der Waals surface area contributed by atoms with Crippen molar-refractivity contribution in [2.75, 3.05) is 12.3 Å². The number of carbonyl (C=O) groups excluding carboxylic acids is 3. The molecule has 0 saturated carbocycles. The minimum atomic E-state index is -1.17. The van der Waals surface area contributed by atoms with Crippen molar-refractivity contribution in [1.29, 1.82) is 0 Å². The number of carboxylic acid groups (broad SMARTS) is 1. The summed E-state index contributed by atoms with van der Waals surface area (Å²) in [5.41, 5.74) is 6.61. The second-order valence-corrected chi connectivity index (χ2v) is 7.43. The monoisotopic (exact) mass is 440 g/mol. The molecule has 3 atom stereocenters. The average molecular weight is 441 g/mol. The smallest absolute Gasteiger partial charge is 0.326 e. The first-order valence-corrected chi connectivity index (χ1v) is 9.93. The van der Waals surface area contributed by atoms with E-state index < -0.39 is 48.4 Å². The van der Waals surface area contributed by atoms with Crippen LogP contribution in [0.5, 0.6) is 5.75 Å². The highest BCUT2D eigenvalue weighted by atomic mass is 32.1. The topological polar surface area (TPSA) is 171 Å². The van der Waals surface area contributed by atoms with E-state index in [1.165, 1.54) is 12.1 Å². The maximum atomic E-state index is 12.3. The van der Waals surface area contributed by atoms with Crippen LogP contribution in [0.3, 0.4) is 0 Å². The first kappa shape index (κ1) is 25.2. The zero-order valence-corrected chi connectivity index (χ0v) is 17.7. The summed E-state index contributed by atoms with van der Waals surface area (Å²) in [6.45, 7) is 2.84. The highest BCUT2D eigenvalue weighted by Crippen LogP contribution is 2.11. The van der Waals surface area contributed by atoms with Gasteiger partial charge in [0.05, 0.1) is 12.6 Å². The van der Waals surface area contributed by atoms with E-state index in [2.05, 4.69) is 28.6 Å². The molecule has 1 aromatic carbocycles. The fourth-order valence-corrected chi connectivity index (χ4v) is 2.74. The highest BCUT2D eigenvalue weighted by molar-refractivity contribution is 7.80. The molecule has 0 radical (unpaired) electrons. The van der Waals surface area contributed by atoms with Crippen LogP contribution in [0.2, 0.25) is 0 Å². The molecule has 3 unspecified atom stereocenters. The molecule has 0 heterocycles. The number of thiol groups is 1. The van der Waals surface area contributed by atoms with Crippen molar-refractivity contribution in [3.8, 4) is 5.75 Å². The van der Waals surface area contributed by atoms with Gasteiger partial charge in [-0.3, -0.25) is 14.4 Å². The Kier molecular flexibility index (Phi) is 10.1. The molecule has 166 valence electrons. The normalized spacial score (nSPS) is 13.8. The van der Waals surface area contributed by atoms with Crippen molar-refractivity contribution in [1.82, 2.24) is 16.0 Å². The van der Waals surface area contributed by atoms with Gasteiger partial charge in [-0.25, -0.2) is 4.79 Å². The van der Waals surface area contributed by atoms with Crippen LogP contribution in [0.4, 0.5) is 0 Å². The standard InChI is InChI=1S/C19H28N4O6S/c1-10(2)16(19(28)29)23-15(25)8-21-18(27)14(9-30)22-17(26)13(20)7-11-3-5-12(24)6-4-11/h3-6,10,13-14,16,24,30H,7-9,20H2,1-2H3,(H,21,27)(H,22,26)(H,23,25)(H,28,29). The van der Waals surface area contributed by atoms with Crippen molar-refractivity contribution in [2.24, 2.45) is 11.7 Å². The van der Waals surface area contributed by atoms with Crippen LogP contribution in [0.1, 0.15) is 19.4 Å². The summed E-state index contributed by atoms with van der Waals surface area (Å²) in [4.78, 5) is 47.5. The zero-order chi connectivity index (χ0) is 22.8. The van der Waals surface area contributed by atoms with E-state index in [0.717, 1.165) is 5.56 Å². The molecule has 0 saturated heterocycles. The van der Waals surface area contributed by atoms with Crippen LogP contribution >= 0.6 is 12.6 Å².